The molecule has 1 aromatic carbocycles. The lowest BCUT2D eigenvalue weighted by Gasteiger charge is -2.09. The van der Waals surface area contributed by atoms with E-state index in [4.69, 9.17) is 5.11 Å². The Kier molecular flexibility index (Phi) is 6.20. The molecule has 7 heteroatoms. The Morgan fingerprint density at radius 3 is 2.48 bits per heavy atom. The standard InChI is InChI=1S/C14H16F3NO3/c15-14(16,17)11-6-4-5-10(9-11)13(21)18-8-3-1-2-7-12(19)20/h4-6,9H,1-3,7-8H2,(H,18,21)(H,19,20). The van der Waals surface area contributed by atoms with Gasteiger partial charge >= 0.3 is 12.1 Å². The molecule has 0 saturated heterocycles. The maximum Gasteiger partial charge on any atom is 0.416 e. The number of benzene rings is 1. The van der Waals surface area contributed by atoms with Crippen LogP contribution in [0.25, 0.3) is 0 Å². The fraction of sp³-hybridized carbons (Fsp3) is 0.429. The molecule has 116 valence electrons. The summed E-state index contributed by atoms with van der Waals surface area (Å²) in [5, 5.41) is 10.9. The molecular weight excluding hydrogens is 287 g/mol. The van der Waals surface area contributed by atoms with Crippen molar-refractivity contribution in [1.82, 2.24) is 5.32 Å². The zero-order valence-electron chi connectivity index (χ0n) is 11.2. The number of carboxylic acid groups (broad SMARTS) is 1. The van der Waals surface area contributed by atoms with E-state index >= 15 is 0 Å². The number of halogens is 3. The van der Waals surface area contributed by atoms with Gasteiger partial charge in [0, 0.05) is 18.5 Å². The molecule has 0 heterocycles. The van der Waals surface area contributed by atoms with Gasteiger partial charge < -0.3 is 10.4 Å². The highest BCUT2D eigenvalue weighted by Gasteiger charge is 2.30. The van der Waals surface area contributed by atoms with Crippen LogP contribution in [0.5, 0.6) is 0 Å². The number of unbranched alkanes of at least 4 members (excludes halogenated alkanes) is 2. The second-order valence-electron chi connectivity index (χ2n) is 4.54. The Hall–Kier alpha value is -2.05. The summed E-state index contributed by atoms with van der Waals surface area (Å²) in [5.74, 6) is -1.44. The van der Waals surface area contributed by atoms with Crippen molar-refractivity contribution < 1.29 is 27.9 Å². The number of carboxylic acids is 1. The molecule has 0 aromatic heterocycles. The summed E-state index contributed by atoms with van der Waals surface area (Å²) >= 11 is 0. The van der Waals surface area contributed by atoms with Crippen LogP contribution in [0.3, 0.4) is 0 Å². The number of hydrogen-bond donors (Lipinski definition) is 2. The van der Waals surface area contributed by atoms with Crippen molar-refractivity contribution in [3.05, 3.63) is 35.4 Å². The molecule has 0 aliphatic rings. The van der Waals surface area contributed by atoms with Crippen molar-refractivity contribution in [1.29, 1.82) is 0 Å². The number of alkyl halides is 3. The first-order valence-electron chi connectivity index (χ1n) is 6.48. The van der Waals surface area contributed by atoms with Gasteiger partial charge in [0.2, 0.25) is 0 Å². The number of carbonyl (C=O) groups is 2. The number of hydrogen-bond acceptors (Lipinski definition) is 2. The fourth-order valence-electron chi connectivity index (χ4n) is 1.72. The number of aliphatic carboxylic acids is 1. The fourth-order valence-corrected chi connectivity index (χ4v) is 1.72. The lowest BCUT2D eigenvalue weighted by Crippen LogP contribution is -2.24. The SMILES string of the molecule is O=C(O)CCCCCNC(=O)c1cccc(C(F)(F)F)c1. The van der Waals surface area contributed by atoms with Gasteiger partial charge in [-0.3, -0.25) is 9.59 Å². The van der Waals surface area contributed by atoms with Crippen LogP contribution < -0.4 is 5.32 Å². The molecule has 0 aliphatic carbocycles. The largest absolute Gasteiger partial charge is 0.481 e. The molecule has 0 unspecified atom stereocenters. The third-order valence-electron chi connectivity index (χ3n) is 2.81. The van der Waals surface area contributed by atoms with Gasteiger partial charge in [-0.1, -0.05) is 12.5 Å². The molecule has 1 aromatic rings. The molecule has 2 N–H and O–H groups in total. The van der Waals surface area contributed by atoms with E-state index in [-0.39, 0.29) is 12.0 Å². The minimum absolute atomic E-state index is 0.0460. The molecule has 4 nitrogen and oxygen atoms in total. The van der Waals surface area contributed by atoms with E-state index in [1.165, 1.54) is 12.1 Å². The molecule has 0 aliphatic heterocycles. The second-order valence-corrected chi connectivity index (χ2v) is 4.54. The van der Waals surface area contributed by atoms with Crippen LogP contribution in [0.15, 0.2) is 24.3 Å². The van der Waals surface area contributed by atoms with E-state index in [0.29, 0.717) is 25.8 Å². The molecule has 1 rings (SSSR count). The van der Waals surface area contributed by atoms with Gasteiger partial charge in [0.15, 0.2) is 0 Å². The van der Waals surface area contributed by atoms with E-state index in [0.717, 1.165) is 12.1 Å². The van der Waals surface area contributed by atoms with E-state index in [2.05, 4.69) is 5.32 Å². The first kappa shape index (κ1) is 17.0. The van der Waals surface area contributed by atoms with Crippen molar-refractivity contribution in [2.45, 2.75) is 31.9 Å². The normalized spacial score (nSPS) is 11.2. The summed E-state index contributed by atoms with van der Waals surface area (Å²) in [6.45, 7) is 0.300. The number of nitrogens with one attached hydrogen (secondary N) is 1. The maximum absolute atomic E-state index is 12.5. The first-order valence-corrected chi connectivity index (χ1v) is 6.48. The number of carbonyl (C=O) groups excluding carboxylic acids is 1. The Balaban J connectivity index is 2.40. The molecule has 0 atom stereocenters. The summed E-state index contributed by atoms with van der Waals surface area (Å²) in [6.07, 6.45) is -2.68. The zero-order chi connectivity index (χ0) is 15.9. The lowest BCUT2D eigenvalue weighted by atomic mass is 10.1. The lowest BCUT2D eigenvalue weighted by molar-refractivity contribution is -0.138. The van der Waals surface area contributed by atoms with Crippen LogP contribution >= 0.6 is 0 Å². The third-order valence-corrected chi connectivity index (χ3v) is 2.81. The third kappa shape index (κ3) is 6.29. The van der Waals surface area contributed by atoms with Crippen molar-refractivity contribution in [2.75, 3.05) is 6.54 Å². The number of amides is 1. The van der Waals surface area contributed by atoms with Gasteiger partial charge in [-0.15, -0.1) is 0 Å². The number of rotatable bonds is 7. The van der Waals surface area contributed by atoms with Gasteiger partial charge in [-0.2, -0.15) is 13.2 Å². The van der Waals surface area contributed by atoms with E-state index in [1.807, 2.05) is 0 Å². The van der Waals surface area contributed by atoms with Gasteiger partial charge in [-0.05, 0) is 31.0 Å². The molecule has 0 fully saturated rings. The van der Waals surface area contributed by atoms with Crippen LogP contribution in [-0.4, -0.2) is 23.5 Å². The summed E-state index contributed by atoms with van der Waals surface area (Å²) in [4.78, 5) is 22.0. The minimum Gasteiger partial charge on any atom is -0.481 e. The Labute approximate surface area is 120 Å². The van der Waals surface area contributed by atoms with Crippen molar-refractivity contribution in [3.8, 4) is 0 Å². The van der Waals surface area contributed by atoms with Crippen LogP contribution in [0.4, 0.5) is 13.2 Å². The molecule has 1 amide bonds. The Morgan fingerprint density at radius 2 is 1.86 bits per heavy atom. The average molecular weight is 303 g/mol. The molecule has 0 bridgehead atoms. The van der Waals surface area contributed by atoms with E-state index in [9.17, 15) is 22.8 Å². The first-order chi connectivity index (χ1) is 9.80. The quantitative estimate of drug-likeness (QED) is 0.761. The average Bonchev–Trinajstić information content (AvgIpc) is 2.41. The van der Waals surface area contributed by atoms with E-state index in [1.54, 1.807) is 0 Å². The van der Waals surface area contributed by atoms with Crippen molar-refractivity contribution in [2.24, 2.45) is 0 Å². The van der Waals surface area contributed by atoms with Crippen LogP contribution in [-0.2, 0) is 11.0 Å². The van der Waals surface area contributed by atoms with Crippen LogP contribution in [0, 0.1) is 0 Å². The van der Waals surface area contributed by atoms with Gasteiger partial charge in [0.05, 0.1) is 5.56 Å². The van der Waals surface area contributed by atoms with Gasteiger partial charge in [-0.25, -0.2) is 0 Å². The second kappa shape index (κ2) is 7.66. The molecule has 0 spiro atoms. The molecular formula is C14H16F3NO3. The highest BCUT2D eigenvalue weighted by molar-refractivity contribution is 5.94. The van der Waals surface area contributed by atoms with Gasteiger partial charge in [0.25, 0.3) is 5.91 Å². The van der Waals surface area contributed by atoms with Crippen LogP contribution in [0.2, 0.25) is 0 Å². The minimum atomic E-state index is -4.48. The molecule has 0 saturated carbocycles. The zero-order valence-corrected chi connectivity index (χ0v) is 11.2. The monoisotopic (exact) mass is 303 g/mol. The summed E-state index contributed by atoms with van der Waals surface area (Å²) in [5.41, 5.74) is -0.910. The van der Waals surface area contributed by atoms with Crippen LogP contribution in [0.1, 0.15) is 41.6 Å². The summed E-state index contributed by atoms with van der Waals surface area (Å²) in [7, 11) is 0. The summed E-state index contributed by atoms with van der Waals surface area (Å²) < 4.78 is 37.5. The van der Waals surface area contributed by atoms with Gasteiger partial charge in [0.1, 0.15) is 0 Å². The highest BCUT2D eigenvalue weighted by Crippen LogP contribution is 2.29. The molecule has 0 radical (unpaired) electrons. The Bertz CT molecular complexity index is 500. The maximum atomic E-state index is 12.5. The summed E-state index contributed by atoms with van der Waals surface area (Å²) in [6, 6.07) is 4.21. The molecule has 21 heavy (non-hydrogen) atoms. The Morgan fingerprint density at radius 1 is 1.14 bits per heavy atom. The highest BCUT2D eigenvalue weighted by atomic mass is 19.4. The predicted molar refractivity (Wildman–Crippen MR) is 69.9 cm³/mol. The predicted octanol–water partition coefficient (Wildman–Crippen LogP) is 3.08. The van der Waals surface area contributed by atoms with E-state index < -0.39 is 23.6 Å². The topological polar surface area (TPSA) is 66.4 Å². The smallest absolute Gasteiger partial charge is 0.416 e. The van der Waals surface area contributed by atoms with Crippen molar-refractivity contribution in [3.63, 3.8) is 0 Å². The van der Waals surface area contributed by atoms with Crippen molar-refractivity contribution >= 4 is 11.9 Å².